The third kappa shape index (κ3) is 3.12. The third-order valence-corrected chi connectivity index (χ3v) is 3.00. The highest BCUT2D eigenvalue weighted by Crippen LogP contribution is 2.21. The normalized spacial score (nSPS) is 10.1. The number of carbonyl (C=O) groups excluding carboxylic acids is 2. The highest BCUT2D eigenvalue weighted by atomic mass is 16.5. The summed E-state index contributed by atoms with van der Waals surface area (Å²) in [4.78, 5) is 23.0. The molecule has 0 fully saturated rings. The molecule has 0 bridgehead atoms. The minimum Gasteiger partial charge on any atom is -0.462 e. The maximum absolute atomic E-state index is 11.7. The Bertz CT molecular complexity index is 627. The molecule has 0 unspecified atom stereocenters. The van der Waals surface area contributed by atoms with E-state index in [9.17, 15) is 9.59 Å². The van der Waals surface area contributed by atoms with E-state index in [1.165, 1.54) is 6.92 Å². The van der Waals surface area contributed by atoms with Crippen molar-refractivity contribution in [2.75, 3.05) is 6.61 Å². The Balaban J connectivity index is 2.31. The van der Waals surface area contributed by atoms with Gasteiger partial charge in [-0.25, -0.2) is 4.79 Å². The maximum atomic E-state index is 11.7. The predicted molar refractivity (Wildman–Crippen MR) is 77.8 cm³/mol. The smallest absolute Gasteiger partial charge is 0.338 e. The van der Waals surface area contributed by atoms with Crippen LogP contribution in [0.1, 0.15) is 34.6 Å². The van der Waals surface area contributed by atoms with E-state index in [0.717, 1.165) is 11.1 Å². The summed E-state index contributed by atoms with van der Waals surface area (Å²) in [5.41, 5.74) is 3.09. The summed E-state index contributed by atoms with van der Waals surface area (Å²) >= 11 is 0. The van der Waals surface area contributed by atoms with E-state index in [1.54, 1.807) is 31.2 Å². The Morgan fingerprint density at radius 3 is 2.25 bits per heavy atom. The summed E-state index contributed by atoms with van der Waals surface area (Å²) in [5.74, 6) is -0.286. The molecule has 0 saturated heterocycles. The average Bonchev–Trinajstić information content (AvgIpc) is 2.48. The lowest BCUT2D eigenvalue weighted by Gasteiger charge is -2.06. The molecule has 3 nitrogen and oxygen atoms in total. The second-order valence-corrected chi connectivity index (χ2v) is 4.43. The first-order valence-electron chi connectivity index (χ1n) is 6.50. The number of rotatable bonds is 4. The van der Waals surface area contributed by atoms with Gasteiger partial charge in [0, 0.05) is 5.56 Å². The van der Waals surface area contributed by atoms with Crippen LogP contribution in [0.3, 0.4) is 0 Å². The van der Waals surface area contributed by atoms with Gasteiger partial charge >= 0.3 is 5.97 Å². The molecule has 0 aliphatic heterocycles. The van der Waals surface area contributed by atoms with Gasteiger partial charge in [-0.05, 0) is 37.1 Å². The summed E-state index contributed by atoms with van der Waals surface area (Å²) in [6.45, 7) is 3.68. The second kappa shape index (κ2) is 6.15. The van der Waals surface area contributed by atoms with Crippen LogP contribution in [0, 0.1) is 0 Å². The van der Waals surface area contributed by atoms with Crippen molar-refractivity contribution in [1.82, 2.24) is 0 Å². The molecule has 0 heterocycles. The molecular weight excluding hydrogens is 252 g/mol. The fourth-order valence-corrected chi connectivity index (χ4v) is 1.94. The monoisotopic (exact) mass is 268 g/mol. The number of hydrogen-bond acceptors (Lipinski definition) is 3. The highest BCUT2D eigenvalue weighted by molar-refractivity contribution is 5.95. The number of Topliss-reactive ketones (excluding diaryl/α,β-unsaturated/α-hetero) is 1. The van der Waals surface area contributed by atoms with Gasteiger partial charge < -0.3 is 4.74 Å². The Morgan fingerprint density at radius 1 is 0.950 bits per heavy atom. The van der Waals surface area contributed by atoms with Crippen LogP contribution in [0.2, 0.25) is 0 Å². The third-order valence-electron chi connectivity index (χ3n) is 3.00. The van der Waals surface area contributed by atoms with E-state index in [0.29, 0.717) is 17.7 Å². The van der Waals surface area contributed by atoms with Gasteiger partial charge in [-0.15, -0.1) is 0 Å². The first-order valence-corrected chi connectivity index (χ1v) is 6.50. The second-order valence-electron chi connectivity index (χ2n) is 4.43. The molecule has 0 aromatic heterocycles. The summed E-state index contributed by atoms with van der Waals surface area (Å²) in [5, 5.41) is 0. The van der Waals surface area contributed by atoms with Gasteiger partial charge in [0.1, 0.15) is 0 Å². The zero-order valence-electron chi connectivity index (χ0n) is 11.6. The van der Waals surface area contributed by atoms with Gasteiger partial charge in [0.05, 0.1) is 12.2 Å². The van der Waals surface area contributed by atoms with Gasteiger partial charge in [0.25, 0.3) is 0 Å². The molecule has 0 N–H and O–H groups in total. The van der Waals surface area contributed by atoms with Crippen molar-refractivity contribution in [2.45, 2.75) is 13.8 Å². The summed E-state index contributed by atoms with van der Waals surface area (Å²) in [7, 11) is 0. The SMILES string of the molecule is CCOC(=O)c1cccc(-c2ccc(C(C)=O)cc2)c1. The Kier molecular flexibility index (Phi) is 4.31. The molecule has 0 saturated carbocycles. The molecule has 2 aromatic carbocycles. The van der Waals surface area contributed by atoms with E-state index >= 15 is 0 Å². The van der Waals surface area contributed by atoms with E-state index in [-0.39, 0.29) is 11.8 Å². The molecule has 0 spiro atoms. The predicted octanol–water partition coefficient (Wildman–Crippen LogP) is 3.73. The first-order chi connectivity index (χ1) is 9.61. The summed E-state index contributed by atoms with van der Waals surface area (Å²) in [6.07, 6.45) is 0. The van der Waals surface area contributed by atoms with Gasteiger partial charge in [0.15, 0.2) is 5.78 Å². The van der Waals surface area contributed by atoms with E-state index in [4.69, 9.17) is 4.74 Å². The Morgan fingerprint density at radius 2 is 1.65 bits per heavy atom. The minimum absolute atomic E-state index is 0.0387. The molecule has 0 radical (unpaired) electrons. The molecule has 0 amide bonds. The lowest BCUT2D eigenvalue weighted by molar-refractivity contribution is 0.0526. The molecule has 0 atom stereocenters. The van der Waals surface area contributed by atoms with Crippen LogP contribution in [0.25, 0.3) is 11.1 Å². The number of ether oxygens (including phenoxy) is 1. The number of esters is 1. The summed E-state index contributed by atoms with van der Waals surface area (Å²) in [6, 6.07) is 14.6. The fourth-order valence-electron chi connectivity index (χ4n) is 1.94. The molecule has 102 valence electrons. The van der Waals surface area contributed by atoms with Crippen molar-refractivity contribution < 1.29 is 14.3 Å². The van der Waals surface area contributed by atoms with Crippen molar-refractivity contribution in [1.29, 1.82) is 0 Å². The van der Waals surface area contributed by atoms with E-state index in [2.05, 4.69) is 0 Å². The topological polar surface area (TPSA) is 43.4 Å². The van der Waals surface area contributed by atoms with Crippen LogP contribution in [0.4, 0.5) is 0 Å². The molecule has 2 aromatic rings. The van der Waals surface area contributed by atoms with Crippen LogP contribution < -0.4 is 0 Å². The van der Waals surface area contributed by atoms with Crippen LogP contribution in [-0.2, 0) is 4.74 Å². The van der Waals surface area contributed by atoms with Crippen molar-refractivity contribution >= 4 is 11.8 Å². The van der Waals surface area contributed by atoms with E-state index < -0.39 is 0 Å². The Hall–Kier alpha value is -2.42. The molecule has 20 heavy (non-hydrogen) atoms. The quantitative estimate of drug-likeness (QED) is 0.626. The molecule has 0 aliphatic carbocycles. The molecule has 2 rings (SSSR count). The summed E-state index contributed by atoms with van der Waals surface area (Å²) < 4.78 is 4.99. The molecule has 0 aliphatic rings. The largest absolute Gasteiger partial charge is 0.462 e. The lowest BCUT2D eigenvalue weighted by atomic mass is 10.0. The zero-order valence-corrected chi connectivity index (χ0v) is 11.6. The van der Waals surface area contributed by atoms with Crippen LogP contribution in [-0.4, -0.2) is 18.4 Å². The van der Waals surface area contributed by atoms with Gasteiger partial charge in [-0.2, -0.15) is 0 Å². The molecule has 3 heteroatoms. The number of hydrogen-bond donors (Lipinski definition) is 0. The molecular formula is C17H16O3. The van der Waals surface area contributed by atoms with Crippen molar-refractivity contribution in [3.05, 3.63) is 59.7 Å². The average molecular weight is 268 g/mol. The lowest BCUT2D eigenvalue weighted by Crippen LogP contribution is -2.04. The van der Waals surface area contributed by atoms with Gasteiger partial charge in [0.2, 0.25) is 0 Å². The maximum Gasteiger partial charge on any atom is 0.338 e. The van der Waals surface area contributed by atoms with Crippen molar-refractivity contribution in [3.63, 3.8) is 0 Å². The van der Waals surface area contributed by atoms with Gasteiger partial charge in [-0.1, -0.05) is 36.4 Å². The van der Waals surface area contributed by atoms with Gasteiger partial charge in [-0.3, -0.25) is 4.79 Å². The zero-order chi connectivity index (χ0) is 14.5. The fraction of sp³-hybridized carbons (Fsp3) is 0.176. The number of ketones is 1. The van der Waals surface area contributed by atoms with Crippen LogP contribution in [0.15, 0.2) is 48.5 Å². The van der Waals surface area contributed by atoms with Crippen LogP contribution in [0.5, 0.6) is 0 Å². The van der Waals surface area contributed by atoms with Crippen molar-refractivity contribution in [3.8, 4) is 11.1 Å². The minimum atomic E-state index is -0.324. The van der Waals surface area contributed by atoms with E-state index in [1.807, 2.05) is 24.3 Å². The van der Waals surface area contributed by atoms with Crippen LogP contribution >= 0.6 is 0 Å². The Labute approximate surface area is 118 Å². The number of carbonyl (C=O) groups is 2. The highest BCUT2D eigenvalue weighted by Gasteiger charge is 2.08. The standard InChI is InChI=1S/C17H16O3/c1-3-20-17(19)16-6-4-5-15(11-16)14-9-7-13(8-10-14)12(2)18/h4-11H,3H2,1-2H3. The van der Waals surface area contributed by atoms with Crippen molar-refractivity contribution in [2.24, 2.45) is 0 Å². The first kappa shape index (κ1) is 14.0. The number of benzene rings is 2.